The van der Waals surface area contributed by atoms with Gasteiger partial charge in [0.15, 0.2) is 11.6 Å². The standard InChI is InChI=1S/C45H74O11/c1-12-34-17-15-13-14-16-27(4)42(51)44(11,53)43(52)32(9)40(50)31(8)39(49)30(7)38(48)26(3)18-21-37(47)54-41-29(6)35(20-19-34)55-45(33(41)10)23-22-25(2)36(56-45)24-28(5)46/h13-15,17-18,21,25-36,38,40-42,46,48,50-51,53H,12,16,19-20,22-24H2,1-11H3/b14-13+,17-15+,21-18+/t25-,26-,27+,28+,29+,30-,31-,32-,33-,34+,35-,36+,38+,40+,41+,42-,44+,45-/m1/s1. The lowest BCUT2D eigenvalue weighted by Crippen LogP contribution is -2.62. The first-order chi connectivity index (χ1) is 26.1. The Kier molecular flexibility index (Phi) is 17.7. The molecule has 18 atom stereocenters. The molecule has 3 aliphatic heterocycles. The zero-order chi connectivity index (χ0) is 42.3. The minimum atomic E-state index is -2.18. The highest BCUT2D eigenvalue weighted by molar-refractivity contribution is 5.91. The summed E-state index contributed by atoms with van der Waals surface area (Å²) in [5.41, 5.74) is -2.18. The number of Topliss-reactive ketones (excluding diaryl/α,β-unsaturated/α-hetero) is 2. The number of ether oxygens (including phenoxy) is 3. The summed E-state index contributed by atoms with van der Waals surface area (Å²) < 4.78 is 20.0. The summed E-state index contributed by atoms with van der Waals surface area (Å²) in [6.45, 7) is 19.1. The molecule has 11 nitrogen and oxygen atoms in total. The number of rotatable bonds is 3. The van der Waals surface area contributed by atoms with Crippen LogP contribution >= 0.6 is 0 Å². The Bertz CT molecular complexity index is 1390. The van der Waals surface area contributed by atoms with Crippen molar-refractivity contribution < 1.29 is 54.1 Å². The van der Waals surface area contributed by atoms with E-state index in [0.29, 0.717) is 25.7 Å². The minimum absolute atomic E-state index is 0.168. The number of ketones is 2. The molecular weight excluding hydrogens is 716 g/mol. The van der Waals surface area contributed by atoms with Crippen molar-refractivity contribution in [2.24, 2.45) is 53.3 Å². The highest BCUT2D eigenvalue weighted by Crippen LogP contribution is 2.49. The number of esters is 1. The first-order valence-electron chi connectivity index (χ1n) is 21.2. The maximum atomic E-state index is 13.5. The third-order valence-electron chi connectivity index (χ3n) is 13.4. The van der Waals surface area contributed by atoms with Crippen molar-refractivity contribution in [2.75, 3.05) is 0 Å². The Morgan fingerprint density at radius 2 is 1.48 bits per heavy atom. The summed E-state index contributed by atoms with van der Waals surface area (Å²) in [5, 5.41) is 55.0. The lowest BCUT2D eigenvalue weighted by atomic mass is 9.74. The van der Waals surface area contributed by atoms with E-state index in [9.17, 15) is 39.9 Å². The molecule has 1 spiro atoms. The number of carbonyl (C=O) groups is 3. The lowest BCUT2D eigenvalue weighted by molar-refractivity contribution is -0.371. The van der Waals surface area contributed by atoms with E-state index >= 15 is 0 Å². The summed E-state index contributed by atoms with van der Waals surface area (Å²) >= 11 is 0. The van der Waals surface area contributed by atoms with E-state index in [0.717, 1.165) is 19.3 Å². The summed E-state index contributed by atoms with van der Waals surface area (Å²) in [7, 11) is 0. The number of hydrogen-bond donors (Lipinski definition) is 5. The summed E-state index contributed by atoms with van der Waals surface area (Å²) in [6, 6.07) is 0. The number of aliphatic hydroxyl groups excluding tert-OH is 4. The number of fused-ring (bicyclic) bond motifs is 2. The predicted octanol–water partition coefficient (Wildman–Crippen LogP) is 5.88. The zero-order valence-electron chi connectivity index (χ0n) is 35.8. The zero-order valence-corrected chi connectivity index (χ0v) is 35.8. The summed E-state index contributed by atoms with van der Waals surface area (Å²) in [5.74, 6) is -7.28. The molecule has 0 aromatic carbocycles. The molecule has 11 heteroatoms. The van der Waals surface area contributed by atoms with E-state index in [1.165, 1.54) is 39.8 Å². The molecule has 0 aromatic heterocycles. The maximum absolute atomic E-state index is 13.5. The highest BCUT2D eigenvalue weighted by Gasteiger charge is 2.56. The average molecular weight is 791 g/mol. The van der Waals surface area contributed by atoms with Crippen LogP contribution in [0.15, 0.2) is 36.5 Å². The third-order valence-corrected chi connectivity index (χ3v) is 13.4. The molecule has 0 aliphatic carbocycles. The van der Waals surface area contributed by atoms with Crippen LogP contribution in [-0.2, 0) is 28.6 Å². The van der Waals surface area contributed by atoms with Crippen LogP contribution < -0.4 is 0 Å². The molecule has 0 aromatic rings. The Labute approximate surface area is 336 Å². The molecule has 0 unspecified atom stereocenters. The molecule has 2 bridgehead atoms. The first-order valence-corrected chi connectivity index (χ1v) is 21.2. The number of aliphatic hydroxyl groups is 5. The van der Waals surface area contributed by atoms with Crippen molar-refractivity contribution in [3.63, 3.8) is 0 Å². The van der Waals surface area contributed by atoms with Gasteiger partial charge in [0.25, 0.3) is 0 Å². The third kappa shape index (κ3) is 11.5. The molecule has 56 heavy (non-hydrogen) atoms. The van der Waals surface area contributed by atoms with Gasteiger partial charge in [-0.1, -0.05) is 92.7 Å². The van der Waals surface area contributed by atoms with Crippen molar-refractivity contribution in [1.82, 2.24) is 0 Å². The smallest absolute Gasteiger partial charge is 0.330 e. The predicted molar refractivity (Wildman–Crippen MR) is 215 cm³/mol. The van der Waals surface area contributed by atoms with Gasteiger partial charge in [0, 0.05) is 48.0 Å². The Morgan fingerprint density at radius 1 is 0.839 bits per heavy atom. The Balaban J connectivity index is 1.99. The molecule has 3 heterocycles. The lowest BCUT2D eigenvalue weighted by Gasteiger charge is -2.55. The van der Waals surface area contributed by atoms with Gasteiger partial charge in [-0.2, -0.15) is 0 Å². The van der Waals surface area contributed by atoms with Crippen LogP contribution in [-0.4, -0.2) is 97.2 Å². The SMILES string of the molecule is CC[C@H]1/C=C/C=C/C[C@H](C)[C@@H](O)[C@](C)(O)C(=O)[C@H](C)[C@@H](O)[C@H](C)C(=O)[C@H](C)[C@@H](O)[C@H](C)/C=C/C(=O)O[C@H]2[C@@H](C)[C@@H](CC1)O[C@@]1(CC[C@@H](C)[C@H](C[C@H](C)O)O1)[C@@H]2C. The normalized spacial score (nSPS) is 46.8. The summed E-state index contributed by atoms with van der Waals surface area (Å²) in [6.07, 6.45) is 9.62. The van der Waals surface area contributed by atoms with Gasteiger partial charge in [0.1, 0.15) is 17.5 Å². The van der Waals surface area contributed by atoms with E-state index in [-0.39, 0.29) is 35.9 Å². The van der Waals surface area contributed by atoms with E-state index in [2.05, 4.69) is 19.9 Å². The number of carbonyl (C=O) groups excluding carboxylic acids is 3. The van der Waals surface area contributed by atoms with Gasteiger partial charge in [-0.05, 0) is 70.1 Å². The van der Waals surface area contributed by atoms with Gasteiger partial charge >= 0.3 is 5.97 Å². The second-order valence-corrected chi connectivity index (χ2v) is 18.0. The number of hydrogen-bond acceptors (Lipinski definition) is 11. The molecular formula is C45H74O11. The van der Waals surface area contributed by atoms with Crippen LogP contribution in [0, 0.1) is 53.3 Å². The second-order valence-electron chi connectivity index (χ2n) is 18.0. The fourth-order valence-corrected chi connectivity index (χ4v) is 9.01. The quantitative estimate of drug-likeness (QED) is 0.216. The Hall–Kier alpha value is -2.25. The largest absolute Gasteiger partial charge is 0.458 e. The average Bonchev–Trinajstić information content (AvgIpc) is 3.16. The topological polar surface area (TPSA) is 180 Å². The van der Waals surface area contributed by atoms with Crippen LogP contribution in [0.1, 0.15) is 121 Å². The number of allylic oxidation sites excluding steroid dienone is 4. The van der Waals surface area contributed by atoms with E-state index in [1.807, 2.05) is 32.1 Å². The summed E-state index contributed by atoms with van der Waals surface area (Å²) in [4.78, 5) is 40.5. The fraction of sp³-hybridized carbons (Fsp3) is 0.800. The van der Waals surface area contributed by atoms with Gasteiger partial charge < -0.3 is 39.7 Å². The second kappa shape index (κ2) is 20.6. The van der Waals surface area contributed by atoms with E-state index in [4.69, 9.17) is 14.2 Å². The van der Waals surface area contributed by atoms with Crippen molar-refractivity contribution in [2.45, 2.75) is 175 Å². The molecule has 5 N–H and O–H groups in total. The monoisotopic (exact) mass is 791 g/mol. The van der Waals surface area contributed by atoms with E-state index in [1.54, 1.807) is 20.8 Å². The molecule has 3 aliphatic rings. The van der Waals surface area contributed by atoms with Gasteiger partial charge in [-0.3, -0.25) is 9.59 Å². The maximum Gasteiger partial charge on any atom is 0.330 e. The van der Waals surface area contributed by atoms with Crippen molar-refractivity contribution in [1.29, 1.82) is 0 Å². The van der Waals surface area contributed by atoms with Crippen molar-refractivity contribution in [3.05, 3.63) is 36.5 Å². The van der Waals surface area contributed by atoms with Crippen LogP contribution in [0.3, 0.4) is 0 Å². The van der Waals surface area contributed by atoms with Gasteiger partial charge in [-0.25, -0.2) is 4.79 Å². The molecule has 0 radical (unpaired) electrons. The van der Waals surface area contributed by atoms with Crippen LogP contribution in [0.5, 0.6) is 0 Å². The molecule has 320 valence electrons. The van der Waals surface area contributed by atoms with Crippen LogP contribution in [0.2, 0.25) is 0 Å². The van der Waals surface area contributed by atoms with Crippen molar-refractivity contribution >= 4 is 17.5 Å². The first kappa shape index (κ1) is 48.1. The minimum Gasteiger partial charge on any atom is -0.458 e. The van der Waals surface area contributed by atoms with Gasteiger partial charge in [0.05, 0.1) is 36.6 Å². The molecule has 0 amide bonds. The van der Waals surface area contributed by atoms with Crippen molar-refractivity contribution in [3.8, 4) is 0 Å². The van der Waals surface area contributed by atoms with E-state index < -0.39 is 89.0 Å². The van der Waals surface area contributed by atoms with Crippen LogP contribution in [0.25, 0.3) is 0 Å². The molecule has 3 rings (SSSR count). The van der Waals surface area contributed by atoms with Crippen LogP contribution in [0.4, 0.5) is 0 Å². The highest BCUT2D eigenvalue weighted by atomic mass is 16.7. The van der Waals surface area contributed by atoms with Gasteiger partial charge in [-0.15, -0.1) is 0 Å². The fourth-order valence-electron chi connectivity index (χ4n) is 9.01. The molecule has 0 saturated carbocycles. The van der Waals surface area contributed by atoms with Gasteiger partial charge in [0.2, 0.25) is 0 Å². The Morgan fingerprint density at radius 3 is 2.11 bits per heavy atom. The molecule has 2 fully saturated rings. The molecule has 2 saturated heterocycles.